The summed E-state index contributed by atoms with van der Waals surface area (Å²) in [6.45, 7) is 5.94. The number of carbonyl (C=O) groups excluding carboxylic acids is 2. The summed E-state index contributed by atoms with van der Waals surface area (Å²) in [6, 6.07) is 10.8. The molecule has 0 saturated heterocycles. The number of hydrogen-bond donors (Lipinski definition) is 3. The van der Waals surface area contributed by atoms with E-state index in [0.717, 1.165) is 49.4 Å². The summed E-state index contributed by atoms with van der Waals surface area (Å²) in [7, 11) is -1.75. The Bertz CT molecular complexity index is 1820. The van der Waals surface area contributed by atoms with Crippen LogP contribution in [0.25, 0.3) is 0 Å². The van der Waals surface area contributed by atoms with Crippen LogP contribution in [0.15, 0.2) is 52.9 Å². The molecule has 7 rings (SSSR count). The van der Waals surface area contributed by atoms with Gasteiger partial charge in [-0.1, -0.05) is 43.7 Å². The SMILES string of the molecule is CO[C@H]1/C=C/C[C@H](C)CS(=O)(NC(=O)NC2CC(C)(CO)C2)=NC(=O)c2ccc3c(c2)N(C[C@@H]2CC[C@H]21)C[C@@]1(CCCc2cc(Cl)ccc21)CO3. The number of amides is 3. The lowest BCUT2D eigenvalue weighted by molar-refractivity contribution is 0.0131. The van der Waals surface area contributed by atoms with E-state index in [1.807, 2.05) is 32.0 Å². The van der Waals surface area contributed by atoms with E-state index in [0.29, 0.717) is 55.6 Å². The standard InChI is InChI=1S/C39H51ClN4O6S/c1-25-6-4-8-34(49-3)31-12-9-28(31)20-44-22-39(15-5-7-26-16-29(40)11-13-32(26)39)24-50-35-14-10-27(17-33(35)44)36(46)42-51(48,21-25)43-37(47)41-30-18-38(2,19-30)23-45/h4,8,10-11,13-14,16-17,25,28,30-31,34,45H,5-7,9,12,15,18-24H2,1-3H3,(H2,41,42,43,46,47,48)/b8-4+/t25-,28-,30?,31+,34-,38?,39-,51?/m0/s1. The predicted molar refractivity (Wildman–Crippen MR) is 200 cm³/mol. The fourth-order valence-electron chi connectivity index (χ4n) is 9.09. The van der Waals surface area contributed by atoms with Crippen LogP contribution in [0.5, 0.6) is 5.75 Å². The molecule has 2 fully saturated rings. The van der Waals surface area contributed by atoms with Gasteiger partial charge in [0.05, 0.1) is 24.2 Å². The molecule has 3 aliphatic carbocycles. The Morgan fingerprint density at radius 3 is 2.78 bits per heavy atom. The number of methoxy groups -OCH3 is 1. The summed E-state index contributed by atoms with van der Waals surface area (Å²) >= 11 is 6.45. The molecule has 2 aliphatic heterocycles. The Hall–Kier alpha value is -3.12. The Morgan fingerprint density at radius 2 is 2.04 bits per heavy atom. The van der Waals surface area contributed by atoms with Gasteiger partial charge in [-0.05, 0) is 116 Å². The molecule has 276 valence electrons. The number of carbonyl (C=O) groups is 2. The van der Waals surface area contributed by atoms with Crippen LogP contribution in [-0.2, 0) is 26.5 Å². The van der Waals surface area contributed by atoms with Gasteiger partial charge in [0.2, 0.25) is 0 Å². The largest absolute Gasteiger partial charge is 0.490 e. The normalized spacial score (nSPS) is 35.4. The zero-order valence-electron chi connectivity index (χ0n) is 29.9. The summed E-state index contributed by atoms with van der Waals surface area (Å²) in [4.78, 5) is 29.5. The highest BCUT2D eigenvalue weighted by atomic mass is 35.5. The zero-order chi connectivity index (χ0) is 36.0. The fraction of sp³-hybridized carbons (Fsp3) is 0.590. The number of anilines is 1. The maximum atomic E-state index is 14.4. The first-order valence-corrected chi connectivity index (χ1v) is 20.5. The lowest BCUT2D eigenvalue weighted by Crippen LogP contribution is -2.54. The van der Waals surface area contributed by atoms with Gasteiger partial charge in [-0.2, -0.15) is 0 Å². The second-order valence-corrected chi connectivity index (χ2v) is 18.5. The molecule has 1 spiro atoms. The molecule has 10 nitrogen and oxygen atoms in total. The monoisotopic (exact) mass is 738 g/mol. The van der Waals surface area contributed by atoms with Gasteiger partial charge < -0.3 is 24.8 Å². The summed E-state index contributed by atoms with van der Waals surface area (Å²) < 4.78 is 34.0. The van der Waals surface area contributed by atoms with Gasteiger partial charge in [-0.15, -0.1) is 4.36 Å². The highest BCUT2D eigenvalue weighted by Crippen LogP contribution is 2.47. The molecule has 3 N–H and O–H groups in total. The van der Waals surface area contributed by atoms with Gasteiger partial charge in [0.1, 0.15) is 15.7 Å². The quantitative estimate of drug-likeness (QED) is 0.308. The smallest absolute Gasteiger partial charge is 0.327 e. The van der Waals surface area contributed by atoms with Crippen LogP contribution in [0.4, 0.5) is 10.5 Å². The zero-order valence-corrected chi connectivity index (χ0v) is 31.4. The first-order valence-electron chi connectivity index (χ1n) is 18.4. The third-order valence-corrected chi connectivity index (χ3v) is 14.2. The van der Waals surface area contributed by atoms with Crippen molar-refractivity contribution in [1.29, 1.82) is 0 Å². The molecule has 0 aromatic heterocycles. The predicted octanol–water partition coefficient (Wildman–Crippen LogP) is 6.43. The van der Waals surface area contributed by atoms with E-state index in [-0.39, 0.29) is 41.3 Å². The number of aliphatic hydroxyl groups excluding tert-OH is 1. The third kappa shape index (κ3) is 7.54. The molecule has 1 unspecified atom stereocenters. The minimum atomic E-state index is -3.51. The van der Waals surface area contributed by atoms with Crippen LogP contribution in [0.3, 0.4) is 0 Å². The van der Waals surface area contributed by atoms with Crippen molar-refractivity contribution in [2.24, 2.45) is 27.5 Å². The minimum absolute atomic E-state index is 0.00530. The average molecular weight is 739 g/mol. The number of allylic oxidation sites excluding steroid dienone is 1. The fourth-order valence-corrected chi connectivity index (χ4v) is 11.1. The number of nitrogens with zero attached hydrogens (tertiary/aromatic N) is 2. The van der Waals surface area contributed by atoms with Crippen LogP contribution in [0, 0.1) is 23.2 Å². The number of nitrogens with one attached hydrogen (secondary N) is 2. The molecule has 5 aliphatic rings. The van der Waals surface area contributed by atoms with E-state index in [4.69, 9.17) is 21.1 Å². The number of rotatable bonds is 4. The van der Waals surface area contributed by atoms with Gasteiger partial charge in [0.15, 0.2) is 0 Å². The molecule has 0 radical (unpaired) electrons. The summed E-state index contributed by atoms with van der Waals surface area (Å²) in [5.41, 5.74) is 3.15. The number of aryl methyl sites for hydroxylation is 1. The van der Waals surface area contributed by atoms with Gasteiger partial charge in [-0.3, -0.25) is 9.52 Å². The van der Waals surface area contributed by atoms with Crippen molar-refractivity contribution in [3.63, 3.8) is 0 Å². The molecule has 51 heavy (non-hydrogen) atoms. The number of aliphatic hydroxyl groups is 1. The first kappa shape index (κ1) is 36.2. The van der Waals surface area contributed by atoms with Crippen molar-refractivity contribution in [3.05, 3.63) is 70.3 Å². The average Bonchev–Trinajstić information content (AvgIpc) is 3.21. The number of ether oxygens (including phenoxy) is 2. The van der Waals surface area contributed by atoms with E-state index in [1.165, 1.54) is 11.1 Å². The second-order valence-electron chi connectivity index (χ2n) is 16.1. The van der Waals surface area contributed by atoms with Gasteiger partial charge >= 0.3 is 6.03 Å². The molecule has 12 heteroatoms. The van der Waals surface area contributed by atoms with Crippen LogP contribution in [-0.4, -0.2) is 72.6 Å². The number of fused-ring (bicyclic) bond motifs is 4. The Labute approximate surface area is 307 Å². The van der Waals surface area contributed by atoms with Crippen molar-refractivity contribution in [2.75, 3.05) is 44.1 Å². The highest BCUT2D eigenvalue weighted by molar-refractivity contribution is 7.92. The van der Waals surface area contributed by atoms with Crippen molar-refractivity contribution in [2.45, 2.75) is 82.8 Å². The molecule has 6 atom stereocenters. The molecule has 3 amide bonds. The van der Waals surface area contributed by atoms with Crippen molar-refractivity contribution >= 4 is 39.1 Å². The van der Waals surface area contributed by atoms with E-state index < -0.39 is 21.9 Å². The summed E-state index contributed by atoms with van der Waals surface area (Å²) in [6.07, 6.45) is 11.1. The Balaban J connectivity index is 1.25. The first-order chi connectivity index (χ1) is 24.4. The Kier molecular flexibility index (Phi) is 10.2. The number of urea groups is 1. The van der Waals surface area contributed by atoms with E-state index in [2.05, 4.69) is 43.6 Å². The molecule has 2 bridgehead atoms. The van der Waals surface area contributed by atoms with Crippen LogP contribution >= 0.6 is 11.6 Å². The topological polar surface area (TPSA) is 130 Å². The molecular weight excluding hydrogens is 688 g/mol. The number of hydrogen-bond acceptors (Lipinski definition) is 7. The minimum Gasteiger partial charge on any atom is -0.490 e. The van der Waals surface area contributed by atoms with E-state index in [9.17, 15) is 18.9 Å². The third-order valence-electron chi connectivity index (χ3n) is 12.0. The second kappa shape index (κ2) is 14.4. The van der Waals surface area contributed by atoms with Crippen LogP contribution < -0.4 is 19.7 Å². The van der Waals surface area contributed by atoms with Crippen molar-refractivity contribution < 1.29 is 28.4 Å². The number of halogens is 1. The maximum absolute atomic E-state index is 14.4. The van der Waals surface area contributed by atoms with Crippen LogP contribution in [0.1, 0.15) is 80.3 Å². The number of benzene rings is 2. The lowest BCUT2D eigenvalue weighted by atomic mass is 9.67. The van der Waals surface area contributed by atoms with Gasteiger partial charge in [-0.25, -0.2) is 9.00 Å². The Morgan fingerprint density at radius 1 is 1.22 bits per heavy atom. The molecule has 2 heterocycles. The maximum Gasteiger partial charge on any atom is 0.327 e. The van der Waals surface area contributed by atoms with E-state index in [1.54, 1.807) is 13.2 Å². The van der Waals surface area contributed by atoms with Gasteiger partial charge in [0, 0.05) is 48.8 Å². The van der Waals surface area contributed by atoms with Crippen molar-refractivity contribution in [1.82, 2.24) is 10.0 Å². The molecule has 2 saturated carbocycles. The van der Waals surface area contributed by atoms with Gasteiger partial charge in [0.25, 0.3) is 5.91 Å². The molecule has 2 aromatic carbocycles. The summed E-state index contributed by atoms with van der Waals surface area (Å²) in [5, 5.41) is 13.2. The lowest BCUT2D eigenvalue weighted by Gasteiger charge is -2.46. The van der Waals surface area contributed by atoms with Crippen LogP contribution in [0.2, 0.25) is 5.02 Å². The molecule has 2 aromatic rings. The molecular formula is C39H51ClN4O6S. The van der Waals surface area contributed by atoms with Crippen molar-refractivity contribution in [3.8, 4) is 5.75 Å². The summed E-state index contributed by atoms with van der Waals surface area (Å²) in [5.74, 6) is 0.640. The van der Waals surface area contributed by atoms with E-state index >= 15 is 0 Å². The highest BCUT2D eigenvalue weighted by Gasteiger charge is 2.45.